The highest BCUT2D eigenvalue weighted by molar-refractivity contribution is 5.96. The third-order valence-electron chi connectivity index (χ3n) is 3.15. The molecule has 1 saturated heterocycles. The summed E-state index contributed by atoms with van der Waals surface area (Å²) in [5.41, 5.74) is 2.06. The van der Waals surface area contributed by atoms with Gasteiger partial charge in [0, 0.05) is 12.0 Å². The van der Waals surface area contributed by atoms with Gasteiger partial charge >= 0.3 is 5.97 Å². The van der Waals surface area contributed by atoms with Crippen molar-refractivity contribution >= 4 is 12.0 Å². The molecule has 0 amide bonds. The fourth-order valence-corrected chi connectivity index (χ4v) is 1.84. The van der Waals surface area contributed by atoms with Gasteiger partial charge in [0.15, 0.2) is 0 Å². The van der Waals surface area contributed by atoms with E-state index in [2.05, 4.69) is 6.58 Å². The summed E-state index contributed by atoms with van der Waals surface area (Å²) in [6, 6.07) is 9.79. The Balaban J connectivity index is 2.28. The number of carbonyl (C=O) groups is 1. The summed E-state index contributed by atoms with van der Waals surface area (Å²) in [6.07, 6.45) is 2.48. The Morgan fingerprint density at radius 2 is 2.06 bits per heavy atom. The molecular weight excluding hydrogens is 212 g/mol. The van der Waals surface area contributed by atoms with Crippen molar-refractivity contribution < 1.29 is 9.53 Å². The van der Waals surface area contributed by atoms with Crippen LogP contribution in [0.4, 0.5) is 0 Å². The highest BCUT2D eigenvalue weighted by Crippen LogP contribution is 2.36. The van der Waals surface area contributed by atoms with E-state index in [4.69, 9.17) is 4.74 Å². The van der Waals surface area contributed by atoms with Crippen LogP contribution in [0.15, 0.2) is 48.1 Å². The number of benzene rings is 1. The summed E-state index contributed by atoms with van der Waals surface area (Å²) in [5, 5.41) is 0. The molecule has 1 atom stereocenters. The Morgan fingerprint density at radius 1 is 1.41 bits per heavy atom. The maximum absolute atomic E-state index is 11.8. The summed E-state index contributed by atoms with van der Waals surface area (Å²) < 4.78 is 5.39. The zero-order chi connectivity index (χ0) is 12.5. The second-order valence-electron chi connectivity index (χ2n) is 4.66. The minimum Gasteiger partial charge on any atom is -0.451 e. The quantitative estimate of drug-likeness (QED) is 0.441. The third kappa shape index (κ3) is 2.31. The van der Waals surface area contributed by atoms with Crippen LogP contribution < -0.4 is 0 Å². The number of rotatable bonds is 2. The van der Waals surface area contributed by atoms with E-state index >= 15 is 0 Å². The second kappa shape index (κ2) is 4.21. The molecule has 1 heterocycles. The van der Waals surface area contributed by atoms with Crippen LogP contribution in [0.3, 0.4) is 0 Å². The molecule has 0 aromatic heterocycles. The molecule has 88 valence electrons. The Hall–Kier alpha value is -1.83. The van der Waals surface area contributed by atoms with Crippen molar-refractivity contribution in [3.63, 3.8) is 0 Å². The zero-order valence-corrected chi connectivity index (χ0v) is 10.2. The molecule has 0 spiro atoms. The molecule has 2 nitrogen and oxygen atoms in total. The van der Waals surface area contributed by atoms with E-state index < -0.39 is 5.60 Å². The van der Waals surface area contributed by atoms with Crippen molar-refractivity contribution in [1.29, 1.82) is 0 Å². The Morgan fingerprint density at radius 3 is 2.59 bits per heavy atom. The van der Waals surface area contributed by atoms with Crippen LogP contribution in [-0.4, -0.2) is 11.6 Å². The fraction of sp³-hybridized carbons (Fsp3) is 0.267. The van der Waals surface area contributed by atoms with Crippen LogP contribution in [0.1, 0.15) is 25.8 Å². The van der Waals surface area contributed by atoms with Crippen LogP contribution in [0.25, 0.3) is 6.08 Å². The second-order valence-corrected chi connectivity index (χ2v) is 4.66. The van der Waals surface area contributed by atoms with Crippen molar-refractivity contribution in [2.75, 3.05) is 0 Å². The molecule has 17 heavy (non-hydrogen) atoms. The number of hydrogen-bond donors (Lipinski definition) is 0. The van der Waals surface area contributed by atoms with Gasteiger partial charge < -0.3 is 4.74 Å². The van der Waals surface area contributed by atoms with Gasteiger partial charge in [0.2, 0.25) is 0 Å². The Kier molecular flexibility index (Phi) is 2.88. The van der Waals surface area contributed by atoms with Gasteiger partial charge in [0.25, 0.3) is 0 Å². The van der Waals surface area contributed by atoms with Crippen LogP contribution in [0, 0.1) is 0 Å². The summed E-state index contributed by atoms with van der Waals surface area (Å²) in [4.78, 5) is 11.8. The molecule has 0 saturated carbocycles. The highest BCUT2D eigenvalue weighted by Gasteiger charge is 2.40. The number of cyclic esters (lactones) is 1. The minimum atomic E-state index is -0.544. The number of esters is 1. The normalized spacial score (nSPS) is 26.0. The average Bonchev–Trinajstić information content (AvgIpc) is 2.57. The lowest BCUT2D eigenvalue weighted by Crippen LogP contribution is -2.24. The molecule has 1 aliphatic heterocycles. The van der Waals surface area contributed by atoms with E-state index in [-0.39, 0.29) is 5.97 Å². The lowest BCUT2D eigenvalue weighted by atomic mass is 9.92. The van der Waals surface area contributed by atoms with Gasteiger partial charge in [-0.05, 0) is 31.1 Å². The molecule has 2 rings (SSSR count). The maximum atomic E-state index is 11.8. The van der Waals surface area contributed by atoms with Crippen molar-refractivity contribution in [3.05, 3.63) is 53.6 Å². The van der Waals surface area contributed by atoms with Gasteiger partial charge in [0.05, 0.1) is 0 Å². The zero-order valence-electron chi connectivity index (χ0n) is 10.2. The Labute approximate surface area is 102 Å². The SMILES string of the molecule is C=C(C)C1(C)C/C(=C\c2ccccc2)C(=O)O1. The topological polar surface area (TPSA) is 26.3 Å². The number of carbonyl (C=O) groups excluding carboxylic acids is 1. The first kappa shape index (κ1) is 11.6. The minimum absolute atomic E-state index is 0.237. The molecule has 0 bridgehead atoms. The van der Waals surface area contributed by atoms with E-state index in [9.17, 15) is 4.79 Å². The molecule has 1 aromatic carbocycles. The number of ether oxygens (including phenoxy) is 1. The van der Waals surface area contributed by atoms with Crippen LogP contribution in [0.2, 0.25) is 0 Å². The molecule has 1 aliphatic rings. The van der Waals surface area contributed by atoms with E-state index in [0.717, 1.165) is 11.1 Å². The molecular formula is C15H16O2. The van der Waals surface area contributed by atoms with E-state index in [0.29, 0.717) is 12.0 Å². The van der Waals surface area contributed by atoms with E-state index in [1.165, 1.54) is 0 Å². The summed E-state index contributed by atoms with van der Waals surface area (Å²) >= 11 is 0. The molecule has 1 aromatic rings. The van der Waals surface area contributed by atoms with Gasteiger partial charge in [-0.1, -0.05) is 36.9 Å². The van der Waals surface area contributed by atoms with Gasteiger partial charge in [0.1, 0.15) is 5.60 Å². The van der Waals surface area contributed by atoms with Crippen molar-refractivity contribution in [1.82, 2.24) is 0 Å². The predicted molar refractivity (Wildman–Crippen MR) is 68.3 cm³/mol. The predicted octanol–water partition coefficient (Wildman–Crippen LogP) is 3.35. The summed E-state index contributed by atoms with van der Waals surface area (Å²) in [6.45, 7) is 7.67. The lowest BCUT2D eigenvalue weighted by Gasteiger charge is -2.21. The molecule has 0 aliphatic carbocycles. The standard InChI is InChI=1S/C15H16O2/c1-11(2)15(3)10-13(14(16)17-15)9-12-7-5-4-6-8-12/h4-9H,1,10H2,2-3H3/b13-9+. The first-order valence-electron chi connectivity index (χ1n) is 5.66. The van der Waals surface area contributed by atoms with Crippen molar-refractivity contribution in [2.24, 2.45) is 0 Å². The van der Waals surface area contributed by atoms with Crippen molar-refractivity contribution in [2.45, 2.75) is 25.9 Å². The monoisotopic (exact) mass is 228 g/mol. The summed E-state index contributed by atoms with van der Waals surface area (Å²) in [5.74, 6) is -0.237. The van der Waals surface area contributed by atoms with Crippen molar-refractivity contribution in [3.8, 4) is 0 Å². The largest absolute Gasteiger partial charge is 0.451 e. The third-order valence-corrected chi connectivity index (χ3v) is 3.15. The lowest BCUT2D eigenvalue weighted by molar-refractivity contribution is -0.142. The molecule has 0 N–H and O–H groups in total. The average molecular weight is 228 g/mol. The van der Waals surface area contributed by atoms with E-state index in [1.807, 2.05) is 50.3 Å². The maximum Gasteiger partial charge on any atom is 0.335 e. The molecule has 2 heteroatoms. The van der Waals surface area contributed by atoms with Gasteiger partial charge in [-0.2, -0.15) is 0 Å². The van der Waals surface area contributed by atoms with Crippen LogP contribution in [-0.2, 0) is 9.53 Å². The van der Waals surface area contributed by atoms with Gasteiger partial charge in [-0.25, -0.2) is 4.79 Å². The molecule has 1 unspecified atom stereocenters. The fourth-order valence-electron chi connectivity index (χ4n) is 1.84. The first-order chi connectivity index (χ1) is 8.01. The van der Waals surface area contributed by atoms with Gasteiger partial charge in [-0.3, -0.25) is 0 Å². The van der Waals surface area contributed by atoms with E-state index in [1.54, 1.807) is 0 Å². The highest BCUT2D eigenvalue weighted by atomic mass is 16.6. The number of hydrogen-bond acceptors (Lipinski definition) is 2. The van der Waals surface area contributed by atoms with Crippen LogP contribution >= 0.6 is 0 Å². The van der Waals surface area contributed by atoms with Gasteiger partial charge in [-0.15, -0.1) is 0 Å². The Bertz CT molecular complexity index is 485. The summed E-state index contributed by atoms with van der Waals surface area (Å²) in [7, 11) is 0. The van der Waals surface area contributed by atoms with Crippen LogP contribution in [0.5, 0.6) is 0 Å². The molecule has 1 fully saturated rings. The first-order valence-corrected chi connectivity index (χ1v) is 5.66. The smallest absolute Gasteiger partial charge is 0.335 e. The molecule has 0 radical (unpaired) electrons.